The fourth-order valence-corrected chi connectivity index (χ4v) is 2.23. The molecule has 2 N–H and O–H groups in total. The highest BCUT2D eigenvalue weighted by Gasteiger charge is 2.23. The molecule has 8 heteroatoms. The number of pyridine rings is 1. The van der Waals surface area contributed by atoms with E-state index in [-0.39, 0.29) is 16.5 Å². The van der Waals surface area contributed by atoms with Crippen LogP contribution in [-0.2, 0) is 19.6 Å². The van der Waals surface area contributed by atoms with Crippen LogP contribution in [0, 0.1) is 0 Å². The van der Waals surface area contributed by atoms with Crippen LogP contribution >= 0.6 is 11.6 Å². The highest BCUT2D eigenvalue weighted by Crippen LogP contribution is 2.23. The van der Waals surface area contributed by atoms with E-state index in [1.807, 2.05) is 0 Å². The van der Waals surface area contributed by atoms with Crippen molar-refractivity contribution in [1.29, 1.82) is 0 Å². The maximum atomic E-state index is 11.3. The van der Waals surface area contributed by atoms with Gasteiger partial charge in [0.1, 0.15) is 6.10 Å². The summed E-state index contributed by atoms with van der Waals surface area (Å²) >= 11 is 5.63. The molecule has 1 rings (SSSR count). The van der Waals surface area contributed by atoms with Crippen molar-refractivity contribution in [2.24, 2.45) is 5.14 Å². The van der Waals surface area contributed by atoms with Crippen molar-refractivity contribution < 1.29 is 17.9 Å². The van der Waals surface area contributed by atoms with Crippen molar-refractivity contribution in [3.8, 4) is 0 Å². The van der Waals surface area contributed by atoms with Gasteiger partial charge in [-0.2, -0.15) is 0 Å². The lowest BCUT2D eigenvalue weighted by atomic mass is 10.2. The Hall–Kier alpha value is -1.18. The number of esters is 1. The molecule has 0 bridgehead atoms. The average Bonchev–Trinajstić information content (AvgIpc) is 2.24. The predicted octanol–water partition coefficient (Wildman–Crippen LogP) is 0.572. The van der Waals surface area contributed by atoms with E-state index in [0.717, 1.165) is 0 Å². The minimum atomic E-state index is -3.99. The normalized spacial score (nSPS) is 13.1. The quantitative estimate of drug-likeness (QED) is 0.641. The molecule has 1 atom stereocenters. The van der Waals surface area contributed by atoms with Crippen molar-refractivity contribution in [2.45, 2.75) is 18.1 Å². The van der Waals surface area contributed by atoms with Gasteiger partial charge in [0.15, 0.2) is 5.03 Å². The first-order chi connectivity index (χ1) is 7.86. The smallest absolute Gasteiger partial charge is 0.303 e. The number of hydrogen-bond acceptors (Lipinski definition) is 5. The van der Waals surface area contributed by atoms with Gasteiger partial charge in [0.25, 0.3) is 10.0 Å². The second kappa shape index (κ2) is 5.44. The van der Waals surface area contributed by atoms with Gasteiger partial charge < -0.3 is 4.74 Å². The lowest BCUT2D eigenvalue weighted by Gasteiger charge is -2.16. The van der Waals surface area contributed by atoms with Gasteiger partial charge in [-0.1, -0.05) is 6.07 Å². The fraction of sp³-hybridized carbons (Fsp3) is 0.333. The Bertz CT molecular complexity index is 517. The van der Waals surface area contributed by atoms with Gasteiger partial charge in [-0.3, -0.25) is 4.79 Å². The molecular formula is C9H11ClN2O4S. The van der Waals surface area contributed by atoms with E-state index in [1.54, 1.807) is 0 Å². The van der Waals surface area contributed by atoms with E-state index < -0.39 is 22.1 Å². The molecule has 6 nitrogen and oxygen atoms in total. The molecule has 17 heavy (non-hydrogen) atoms. The molecule has 0 spiro atoms. The number of aromatic nitrogens is 1. The van der Waals surface area contributed by atoms with E-state index in [4.69, 9.17) is 21.5 Å². The molecule has 1 aromatic heterocycles. The zero-order valence-corrected chi connectivity index (χ0v) is 10.5. The summed E-state index contributed by atoms with van der Waals surface area (Å²) in [6, 6.07) is 2.95. The van der Waals surface area contributed by atoms with Crippen LogP contribution in [0.5, 0.6) is 0 Å². The first kappa shape index (κ1) is 13.9. The number of ether oxygens (including phenoxy) is 1. The number of carbonyl (C=O) groups excluding carboxylic acids is 1. The summed E-state index contributed by atoms with van der Waals surface area (Å²) in [6.45, 7) is 1.20. The van der Waals surface area contributed by atoms with Crippen molar-refractivity contribution in [2.75, 3.05) is 5.88 Å². The topological polar surface area (TPSA) is 99.3 Å². The molecule has 0 aromatic carbocycles. The largest absolute Gasteiger partial charge is 0.456 e. The SMILES string of the molecule is CC(=O)OC(CCl)c1cccnc1S(N)(=O)=O. The van der Waals surface area contributed by atoms with Gasteiger partial charge in [-0.25, -0.2) is 18.5 Å². The number of carbonyl (C=O) groups is 1. The number of primary sulfonamides is 1. The summed E-state index contributed by atoms with van der Waals surface area (Å²) in [6.07, 6.45) is 0.388. The second-order valence-electron chi connectivity index (χ2n) is 3.20. The summed E-state index contributed by atoms with van der Waals surface area (Å²) < 4.78 is 27.5. The van der Waals surface area contributed by atoms with Gasteiger partial charge >= 0.3 is 5.97 Å². The molecule has 1 aromatic rings. The van der Waals surface area contributed by atoms with Crippen LogP contribution in [-0.4, -0.2) is 25.3 Å². The first-order valence-corrected chi connectivity index (χ1v) is 6.65. The molecule has 0 radical (unpaired) electrons. The molecular weight excluding hydrogens is 268 g/mol. The van der Waals surface area contributed by atoms with Crippen LogP contribution in [0.25, 0.3) is 0 Å². The third-order valence-electron chi connectivity index (χ3n) is 1.87. The fourth-order valence-electron chi connectivity index (χ4n) is 1.26. The number of hydrogen-bond donors (Lipinski definition) is 1. The molecule has 94 valence electrons. The highest BCUT2D eigenvalue weighted by molar-refractivity contribution is 7.89. The monoisotopic (exact) mass is 278 g/mol. The highest BCUT2D eigenvalue weighted by atomic mass is 35.5. The molecule has 0 saturated heterocycles. The van der Waals surface area contributed by atoms with Gasteiger partial charge in [-0.05, 0) is 6.07 Å². The van der Waals surface area contributed by atoms with E-state index in [1.165, 1.54) is 25.3 Å². The minimum absolute atomic E-state index is 0.0895. The lowest BCUT2D eigenvalue weighted by molar-refractivity contribution is -0.145. The number of alkyl halides is 1. The molecule has 0 fully saturated rings. The molecule has 1 heterocycles. The zero-order valence-electron chi connectivity index (χ0n) is 8.96. The average molecular weight is 279 g/mol. The van der Waals surface area contributed by atoms with Gasteiger partial charge in [0.2, 0.25) is 0 Å². The Morgan fingerprint density at radius 2 is 2.29 bits per heavy atom. The zero-order chi connectivity index (χ0) is 13.1. The van der Waals surface area contributed by atoms with Gasteiger partial charge in [0, 0.05) is 18.7 Å². The van der Waals surface area contributed by atoms with Crippen LogP contribution in [0.3, 0.4) is 0 Å². The summed E-state index contributed by atoms with van der Waals surface area (Å²) in [4.78, 5) is 14.5. The molecule has 0 amide bonds. The number of halogens is 1. The lowest BCUT2D eigenvalue weighted by Crippen LogP contribution is -2.20. The molecule has 1 unspecified atom stereocenters. The third-order valence-corrected chi connectivity index (χ3v) is 3.03. The Kier molecular flexibility index (Phi) is 4.44. The van der Waals surface area contributed by atoms with Gasteiger partial charge in [0.05, 0.1) is 5.88 Å². The van der Waals surface area contributed by atoms with Crippen molar-refractivity contribution in [3.05, 3.63) is 23.9 Å². The van der Waals surface area contributed by atoms with E-state index in [2.05, 4.69) is 4.98 Å². The van der Waals surface area contributed by atoms with Crippen LogP contribution < -0.4 is 5.14 Å². The van der Waals surface area contributed by atoms with Crippen LogP contribution in [0.2, 0.25) is 0 Å². The van der Waals surface area contributed by atoms with Crippen LogP contribution in [0.1, 0.15) is 18.6 Å². The van der Waals surface area contributed by atoms with Crippen molar-refractivity contribution in [3.63, 3.8) is 0 Å². The Balaban J connectivity index is 3.24. The predicted molar refractivity (Wildman–Crippen MR) is 60.8 cm³/mol. The summed E-state index contributed by atoms with van der Waals surface area (Å²) in [7, 11) is -3.99. The third kappa shape index (κ3) is 3.65. The minimum Gasteiger partial charge on any atom is -0.456 e. The van der Waals surface area contributed by atoms with E-state index in [9.17, 15) is 13.2 Å². The Morgan fingerprint density at radius 3 is 2.76 bits per heavy atom. The van der Waals surface area contributed by atoms with Crippen LogP contribution in [0.4, 0.5) is 0 Å². The number of nitrogens with two attached hydrogens (primary N) is 1. The van der Waals surface area contributed by atoms with Crippen LogP contribution in [0.15, 0.2) is 23.4 Å². The van der Waals surface area contributed by atoms with E-state index in [0.29, 0.717) is 0 Å². The standard InChI is InChI=1S/C9H11ClN2O4S/c1-6(13)16-8(5-10)7-3-2-4-12-9(7)17(11,14)15/h2-4,8H,5H2,1H3,(H2,11,14,15). The molecule has 0 aliphatic heterocycles. The molecule has 0 aliphatic rings. The number of rotatable bonds is 4. The summed E-state index contributed by atoms with van der Waals surface area (Å²) in [5.74, 6) is -0.659. The Labute approximate surface area is 104 Å². The van der Waals surface area contributed by atoms with Crippen molar-refractivity contribution in [1.82, 2.24) is 4.98 Å². The Morgan fingerprint density at radius 1 is 1.65 bits per heavy atom. The maximum Gasteiger partial charge on any atom is 0.303 e. The van der Waals surface area contributed by atoms with E-state index >= 15 is 0 Å². The van der Waals surface area contributed by atoms with Crippen molar-refractivity contribution >= 4 is 27.6 Å². The second-order valence-corrected chi connectivity index (χ2v) is 4.98. The first-order valence-electron chi connectivity index (χ1n) is 4.57. The number of sulfonamides is 1. The number of nitrogens with zero attached hydrogens (tertiary/aromatic N) is 1. The molecule has 0 aliphatic carbocycles. The van der Waals surface area contributed by atoms with Gasteiger partial charge in [-0.15, -0.1) is 11.6 Å². The maximum absolute atomic E-state index is 11.3. The summed E-state index contributed by atoms with van der Waals surface area (Å²) in [5, 5.41) is 4.67. The summed E-state index contributed by atoms with van der Waals surface area (Å²) in [5.41, 5.74) is 0.167. The molecule has 0 saturated carbocycles.